The lowest BCUT2D eigenvalue weighted by Crippen LogP contribution is -2.53. The second-order valence-corrected chi connectivity index (χ2v) is 17.9. The van der Waals surface area contributed by atoms with Crippen molar-refractivity contribution in [1.82, 2.24) is 34.6 Å². The minimum atomic E-state index is -1.04. The molecule has 0 spiro atoms. The third-order valence-electron chi connectivity index (χ3n) is 13.3. The molecule has 13 nitrogen and oxygen atoms in total. The summed E-state index contributed by atoms with van der Waals surface area (Å²) < 4.78 is 33.1. The van der Waals surface area contributed by atoms with Gasteiger partial charge in [-0.1, -0.05) is 24.3 Å². The highest BCUT2D eigenvalue weighted by molar-refractivity contribution is 7.13. The Kier molecular flexibility index (Phi) is 10.9. The lowest BCUT2D eigenvalue weighted by molar-refractivity contribution is -0.134. The van der Waals surface area contributed by atoms with Crippen LogP contribution in [-0.4, -0.2) is 98.2 Å². The molecule has 5 aliphatic rings. The van der Waals surface area contributed by atoms with Crippen LogP contribution in [-0.2, 0) is 40.4 Å². The lowest BCUT2D eigenvalue weighted by atomic mass is 9.89. The summed E-state index contributed by atoms with van der Waals surface area (Å²) in [5, 5.41) is 7.35. The molecule has 2 N–H and O–H groups in total. The zero-order valence-corrected chi connectivity index (χ0v) is 35.0. The molecule has 0 aliphatic carbocycles. The van der Waals surface area contributed by atoms with Crippen molar-refractivity contribution in [1.29, 1.82) is 0 Å². The first-order chi connectivity index (χ1) is 30.2. The number of imide groups is 1. The van der Waals surface area contributed by atoms with Crippen LogP contribution in [0.2, 0.25) is 0 Å². The van der Waals surface area contributed by atoms with Crippen LogP contribution in [0.5, 0.6) is 0 Å². The SMILES string of the molecule is O=C1CCC(c2ccc(CN3CCN(C4CCN(c5ccc(-c6cc(F)c7c(c6)C(=O)N(C(C(=O)Nc6nccs6)c6ncn8c6CCC8)C7)cc5)CC4)CC3)cc2F)C(=O)N1. The van der Waals surface area contributed by atoms with E-state index in [-0.39, 0.29) is 30.0 Å². The number of thiazole rings is 1. The predicted octanol–water partition coefficient (Wildman–Crippen LogP) is 5.87. The molecule has 4 amide bonds. The number of piperazine rings is 1. The minimum Gasteiger partial charge on any atom is -0.371 e. The van der Waals surface area contributed by atoms with E-state index in [2.05, 4.69) is 47.4 Å². The van der Waals surface area contributed by atoms with Crippen LogP contribution in [0.1, 0.15) is 82.5 Å². The molecule has 3 fully saturated rings. The number of carbonyl (C=O) groups is 4. The predicted molar refractivity (Wildman–Crippen MR) is 229 cm³/mol. The summed E-state index contributed by atoms with van der Waals surface area (Å²) in [6.45, 7) is 6.89. The van der Waals surface area contributed by atoms with Gasteiger partial charge in [-0.05, 0) is 79.1 Å². The number of hydrogen-bond donors (Lipinski definition) is 2. The number of hydrogen-bond acceptors (Lipinski definition) is 10. The molecule has 2 aromatic heterocycles. The normalized spacial score (nSPS) is 20.4. The van der Waals surface area contributed by atoms with E-state index in [1.54, 1.807) is 30.0 Å². The fourth-order valence-electron chi connectivity index (χ4n) is 10.0. The van der Waals surface area contributed by atoms with Crippen LogP contribution in [0.4, 0.5) is 19.6 Å². The third-order valence-corrected chi connectivity index (χ3v) is 14.0. The van der Waals surface area contributed by atoms with Crippen LogP contribution in [0.25, 0.3) is 11.1 Å². The summed E-state index contributed by atoms with van der Waals surface area (Å²) in [5.74, 6) is -3.09. The maximum absolute atomic E-state index is 15.9. The van der Waals surface area contributed by atoms with Gasteiger partial charge < -0.3 is 14.4 Å². The number of aromatic nitrogens is 3. The van der Waals surface area contributed by atoms with Crippen molar-refractivity contribution in [3.63, 3.8) is 0 Å². The molecule has 3 aromatic carbocycles. The van der Waals surface area contributed by atoms with E-state index in [9.17, 15) is 19.2 Å². The molecule has 0 saturated carbocycles. The van der Waals surface area contributed by atoms with E-state index >= 15 is 8.78 Å². The average molecular weight is 860 g/mol. The summed E-state index contributed by atoms with van der Waals surface area (Å²) in [6, 6.07) is 15.9. The summed E-state index contributed by atoms with van der Waals surface area (Å²) in [5.41, 5.74) is 5.68. The second kappa shape index (κ2) is 16.8. The number of fused-ring (bicyclic) bond motifs is 2. The zero-order valence-electron chi connectivity index (χ0n) is 34.2. The van der Waals surface area contributed by atoms with Gasteiger partial charge in [0.25, 0.3) is 11.8 Å². The summed E-state index contributed by atoms with van der Waals surface area (Å²) in [7, 11) is 0. The molecule has 320 valence electrons. The molecule has 2 unspecified atom stereocenters. The maximum Gasteiger partial charge on any atom is 0.255 e. The highest BCUT2D eigenvalue weighted by atomic mass is 32.1. The molecular weight excluding hydrogens is 813 g/mol. The molecule has 16 heteroatoms. The second-order valence-electron chi connectivity index (χ2n) is 17.0. The van der Waals surface area contributed by atoms with E-state index in [1.165, 1.54) is 28.4 Å². The van der Waals surface area contributed by atoms with Gasteiger partial charge in [0, 0.05) is 104 Å². The number of aryl methyl sites for hydroxylation is 1. The van der Waals surface area contributed by atoms with Crippen molar-refractivity contribution in [3.05, 3.63) is 118 Å². The molecule has 5 aromatic rings. The standard InChI is InChI=1S/C46H47F2N9O4S/c47-37-22-28(3-8-33(37)34-9-10-40(58)51-43(34)59)25-53-17-19-55(20-18-53)32-11-15-54(16-12-32)31-6-4-29(5-7-31)30-23-35-36(38(48)24-30)26-57(45(35)61)42(44(60)52-46-49-13-21-62-46)41-39-2-1-14-56(39)27-50-41/h3-8,13,21-24,27,32,34,42H,1-2,9-12,14-20,25-26H2,(H,49,52,60)(H,51,58,59). The van der Waals surface area contributed by atoms with Gasteiger partial charge >= 0.3 is 0 Å². The smallest absolute Gasteiger partial charge is 0.255 e. The van der Waals surface area contributed by atoms with Gasteiger partial charge in [-0.15, -0.1) is 11.3 Å². The number of imidazole rings is 1. The number of rotatable bonds is 10. The highest BCUT2D eigenvalue weighted by Gasteiger charge is 2.42. The Morgan fingerprint density at radius 2 is 1.68 bits per heavy atom. The van der Waals surface area contributed by atoms with E-state index < -0.39 is 41.3 Å². The Bertz CT molecular complexity index is 2530. The molecular formula is C46H47F2N9O4S. The van der Waals surface area contributed by atoms with Gasteiger partial charge in [0.2, 0.25) is 11.8 Å². The number of nitrogens with one attached hydrogen (secondary N) is 2. The Labute approximate surface area is 361 Å². The third kappa shape index (κ3) is 7.79. The first kappa shape index (κ1) is 40.2. The maximum atomic E-state index is 15.9. The number of carbonyl (C=O) groups excluding carboxylic acids is 4. The van der Waals surface area contributed by atoms with Crippen molar-refractivity contribution in [2.24, 2.45) is 0 Å². The van der Waals surface area contributed by atoms with E-state index in [1.807, 2.05) is 22.8 Å². The number of halogens is 2. The molecule has 3 saturated heterocycles. The average Bonchev–Trinajstić information content (AvgIpc) is 4.10. The number of nitrogens with zero attached hydrogens (tertiary/aromatic N) is 7. The molecule has 62 heavy (non-hydrogen) atoms. The van der Waals surface area contributed by atoms with Crippen molar-refractivity contribution < 1.29 is 28.0 Å². The van der Waals surface area contributed by atoms with Crippen LogP contribution in [0, 0.1) is 11.6 Å². The molecule has 0 bridgehead atoms. The van der Waals surface area contributed by atoms with Crippen LogP contribution >= 0.6 is 11.3 Å². The molecule has 2 atom stereocenters. The van der Waals surface area contributed by atoms with Crippen molar-refractivity contribution in [3.8, 4) is 11.1 Å². The van der Waals surface area contributed by atoms with Gasteiger partial charge in [0.1, 0.15) is 11.6 Å². The van der Waals surface area contributed by atoms with Gasteiger partial charge in [-0.25, -0.2) is 18.7 Å². The van der Waals surface area contributed by atoms with Crippen molar-refractivity contribution in [2.45, 2.75) is 76.2 Å². The largest absolute Gasteiger partial charge is 0.371 e. The molecule has 10 rings (SSSR count). The van der Waals surface area contributed by atoms with E-state index in [0.29, 0.717) is 41.0 Å². The van der Waals surface area contributed by atoms with Gasteiger partial charge in [-0.2, -0.15) is 0 Å². The van der Waals surface area contributed by atoms with Crippen LogP contribution in [0.3, 0.4) is 0 Å². The Morgan fingerprint density at radius 1 is 0.871 bits per heavy atom. The fraction of sp³-hybridized carbons (Fsp3) is 0.391. The van der Waals surface area contributed by atoms with Crippen molar-refractivity contribution >= 4 is 45.8 Å². The van der Waals surface area contributed by atoms with E-state index in [4.69, 9.17) is 0 Å². The molecule has 0 radical (unpaired) electrons. The van der Waals surface area contributed by atoms with Crippen LogP contribution in [0.15, 0.2) is 72.5 Å². The van der Waals surface area contributed by atoms with Gasteiger partial charge in [0.05, 0.1) is 24.5 Å². The van der Waals surface area contributed by atoms with Crippen LogP contribution < -0.4 is 15.5 Å². The Morgan fingerprint density at radius 3 is 2.42 bits per heavy atom. The highest BCUT2D eigenvalue weighted by Crippen LogP contribution is 2.38. The zero-order chi connectivity index (χ0) is 42.5. The Hall–Kier alpha value is -5.84. The molecule has 5 aliphatic heterocycles. The van der Waals surface area contributed by atoms with Gasteiger partial charge in [-0.3, -0.25) is 39.6 Å². The van der Waals surface area contributed by atoms with Gasteiger partial charge in [0.15, 0.2) is 11.2 Å². The number of anilines is 2. The first-order valence-electron chi connectivity index (χ1n) is 21.5. The molecule has 7 heterocycles. The topological polar surface area (TPSA) is 136 Å². The summed E-state index contributed by atoms with van der Waals surface area (Å²) in [4.78, 5) is 69.3. The summed E-state index contributed by atoms with van der Waals surface area (Å²) in [6.07, 6.45) is 7.60. The minimum absolute atomic E-state index is 0.0432. The number of amides is 4. The monoisotopic (exact) mass is 859 g/mol. The number of benzene rings is 3. The fourth-order valence-corrected chi connectivity index (χ4v) is 10.5. The number of piperidine rings is 2. The summed E-state index contributed by atoms with van der Waals surface area (Å²) >= 11 is 1.28. The lowest BCUT2D eigenvalue weighted by Gasteiger charge is -2.43. The first-order valence-corrected chi connectivity index (χ1v) is 22.4. The Balaban J connectivity index is 0.745. The van der Waals surface area contributed by atoms with E-state index in [0.717, 1.165) is 94.0 Å². The van der Waals surface area contributed by atoms with Crippen molar-refractivity contribution in [2.75, 3.05) is 49.5 Å². The quantitative estimate of drug-likeness (QED) is 0.165.